The van der Waals surface area contributed by atoms with E-state index in [4.69, 9.17) is 0 Å². The Hall–Kier alpha value is -2.94. The van der Waals surface area contributed by atoms with Gasteiger partial charge in [-0.05, 0) is 47.9 Å². The maximum absolute atomic E-state index is 12.3. The van der Waals surface area contributed by atoms with Crippen molar-refractivity contribution in [3.05, 3.63) is 64.0 Å². The molecule has 2 N–H and O–H groups in total. The van der Waals surface area contributed by atoms with Crippen LogP contribution in [0.15, 0.2) is 47.6 Å². The molecule has 1 aromatic heterocycles. The molecule has 9 heteroatoms. The molecule has 0 bridgehead atoms. The van der Waals surface area contributed by atoms with Crippen LogP contribution in [-0.4, -0.2) is 34.0 Å². The first kappa shape index (κ1) is 23.3. The first-order valence-corrected chi connectivity index (χ1v) is 10.7. The van der Waals surface area contributed by atoms with Crippen molar-refractivity contribution in [1.29, 1.82) is 0 Å². The number of nitro benzene ring substituents is 1. The number of thioether (sulfide) groups is 1. The summed E-state index contributed by atoms with van der Waals surface area (Å²) in [7, 11) is 0. The van der Waals surface area contributed by atoms with Crippen LogP contribution in [0.5, 0.6) is 0 Å². The summed E-state index contributed by atoms with van der Waals surface area (Å²) in [5, 5.41) is 16.8. The van der Waals surface area contributed by atoms with Crippen LogP contribution >= 0.6 is 11.8 Å². The van der Waals surface area contributed by atoms with Crippen molar-refractivity contribution in [3.63, 3.8) is 0 Å². The Morgan fingerprint density at radius 3 is 2.57 bits per heavy atom. The lowest BCUT2D eigenvalue weighted by molar-refractivity contribution is -0.387. The quantitative estimate of drug-likeness (QED) is 0.320. The van der Waals surface area contributed by atoms with Gasteiger partial charge in [-0.2, -0.15) is 0 Å². The van der Waals surface area contributed by atoms with Crippen molar-refractivity contribution in [3.8, 4) is 0 Å². The molecule has 2 amide bonds. The van der Waals surface area contributed by atoms with E-state index in [2.05, 4.69) is 29.5 Å². The number of pyridine rings is 1. The third-order valence-electron chi connectivity index (χ3n) is 4.25. The summed E-state index contributed by atoms with van der Waals surface area (Å²) in [4.78, 5) is 39.6. The predicted octanol–water partition coefficient (Wildman–Crippen LogP) is 3.56. The summed E-state index contributed by atoms with van der Waals surface area (Å²) in [6, 6.07) is 8.08. The molecule has 2 aromatic rings. The van der Waals surface area contributed by atoms with Gasteiger partial charge in [0.25, 0.3) is 11.6 Å². The lowest BCUT2D eigenvalue weighted by atomic mass is 10.2. The second-order valence-electron chi connectivity index (χ2n) is 7.11. The van der Waals surface area contributed by atoms with Gasteiger partial charge in [-0.3, -0.25) is 24.7 Å². The van der Waals surface area contributed by atoms with Gasteiger partial charge in [0, 0.05) is 43.5 Å². The number of nitrogens with one attached hydrogen (secondary N) is 2. The molecule has 0 fully saturated rings. The van der Waals surface area contributed by atoms with E-state index in [1.807, 2.05) is 0 Å². The second-order valence-corrected chi connectivity index (χ2v) is 8.25. The number of nitro groups is 1. The number of hydrogen-bond acceptors (Lipinski definition) is 6. The highest BCUT2D eigenvalue weighted by atomic mass is 32.2. The van der Waals surface area contributed by atoms with Crippen LogP contribution in [0.1, 0.15) is 42.6 Å². The maximum atomic E-state index is 12.3. The van der Waals surface area contributed by atoms with E-state index in [-0.39, 0.29) is 30.1 Å². The van der Waals surface area contributed by atoms with E-state index in [0.29, 0.717) is 17.4 Å². The first-order chi connectivity index (χ1) is 14.4. The van der Waals surface area contributed by atoms with Crippen molar-refractivity contribution < 1.29 is 14.5 Å². The molecule has 0 saturated carbocycles. The second kappa shape index (κ2) is 11.9. The van der Waals surface area contributed by atoms with Gasteiger partial charge in [-0.1, -0.05) is 13.8 Å². The lowest BCUT2D eigenvalue weighted by Crippen LogP contribution is -2.30. The maximum Gasteiger partial charge on any atom is 0.283 e. The fraction of sp³-hybridized carbons (Fsp3) is 0.381. The Bertz CT molecular complexity index is 875. The van der Waals surface area contributed by atoms with Crippen molar-refractivity contribution in [2.24, 2.45) is 5.92 Å². The molecule has 0 spiro atoms. The fourth-order valence-electron chi connectivity index (χ4n) is 2.51. The molecular weight excluding hydrogens is 404 g/mol. The smallest absolute Gasteiger partial charge is 0.283 e. The molecule has 0 radical (unpaired) electrons. The Kier molecular flexibility index (Phi) is 9.27. The third kappa shape index (κ3) is 7.82. The predicted molar refractivity (Wildman–Crippen MR) is 116 cm³/mol. The molecule has 0 saturated heterocycles. The Balaban J connectivity index is 1.84. The Labute approximate surface area is 180 Å². The van der Waals surface area contributed by atoms with Crippen molar-refractivity contribution in [1.82, 2.24) is 15.6 Å². The number of carbonyl (C=O) groups excluding carboxylic acids is 2. The Morgan fingerprint density at radius 1 is 1.17 bits per heavy atom. The standard InChI is InChI=1S/C21H26N4O4S/c1-15(2)8-12-30-19-4-3-17(13-18(19)25(28)29)21(27)23-11-7-20(26)24-14-16-5-9-22-10-6-16/h3-6,9-10,13,15H,7-8,11-12,14H2,1-2H3,(H,23,27)(H,24,26). The Morgan fingerprint density at radius 2 is 1.90 bits per heavy atom. The minimum atomic E-state index is -0.471. The molecule has 0 aliphatic rings. The van der Waals surface area contributed by atoms with Crippen LogP contribution in [-0.2, 0) is 11.3 Å². The van der Waals surface area contributed by atoms with E-state index in [9.17, 15) is 19.7 Å². The average Bonchev–Trinajstić information content (AvgIpc) is 2.72. The molecule has 2 rings (SSSR count). The van der Waals surface area contributed by atoms with E-state index in [0.717, 1.165) is 17.7 Å². The molecule has 0 aliphatic carbocycles. The molecule has 0 atom stereocenters. The number of rotatable bonds is 11. The summed E-state index contributed by atoms with van der Waals surface area (Å²) < 4.78 is 0. The minimum absolute atomic E-state index is 0.0773. The van der Waals surface area contributed by atoms with Gasteiger partial charge in [0.15, 0.2) is 0 Å². The number of aromatic nitrogens is 1. The monoisotopic (exact) mass is 430 g/mol. The van der Waals surface area contributed by atoms with Crippen LogP contribution in [0.25, 0.3) is 0 Å². The first-order valence-electron chi connectivity index (χ1n) is 9.72. The normalized spacial score (nSPS) is 10.6. The zero-order valence-electron chi connectivity index (χ0n) is 17.1. The van der Waals surface area contributed by atoms with Gasteiger partial charge < -0.3 is 10.6 Å². The van der Waals surface area contributed by atoms with Crippen LogP contribution in [0.2, 0.25) is 0 Å². The minimum Gasteiger partial charge on any atom is -0.352 e. The van der Waals surface area contributed by atoms with E-state index in [1.54, 1.807) is 36.7 Å². The summed E-state index contributed by atoms with van der Waals surface area (Å²) in [5.74, 6) is 0.649. The molecule has 30 heavy (non-hydrogen) atoms. The zero-order chi connectivity index (χ0) is 21.9. The molecule has 0 aliphatic heterocycles. The highest BCUT2D eigenvalue weighted by Crippen LogP contribution is 2.31. The van der Waals surface area contributed by atoms with Gasteiger partial charge in [0.05, 0.1) is 9.82 Å². The highest BCUT2D eigenvalue weighted by molar-refractivity contribution is 7.99. The number of carbonyl (C=O) groups is 2. The number of nitrogens with zero attached hydrogens (tertiary/aromatic N) is 2. The van der Waals surface area contributed by atoms with E-state index in [1.165, 1.54) is 17.8 Å². The van der Waals surface area contributed by atoms with Crippen LogP contribution < -0.4 is 10.6 Å². The summed E-state index contributed by atoms with van der Waals surface area (Å²) in [6.07, 6.45) is 4.36. The summed E-state index contributed by atoms with van der Waals surface area (Å²) >= 11 is 1.42. The molecule has 0 unspecified atom stereocenters. The third-order valence-corrected chi connectivity index (χ3v) is 5.34. The fourth-order valence-corrected chi connectivity index (χ4v) is 3.76. The molecule has 160 valence electrons. The average molecular weight is 431 g/mol. The van der Waals surface area contributed by atoms with Crippen molar-refractivity contribution in [2.45, 2.75) is 38.1 Å². The van der Waals surface area contributed by atoms with Gasteiger partial charge in [-0.15, -0.1) is 11.8 Å². The van der Waals surface area contributed by atoms with Crippen molar-refractivity contribution in [2.75, 3.05) is 12.3 Å². The van der Waals surface area contributed by atoms with Gasteiger partial charge >= 0.3 is 0 Å². The lowest BCUT2D eigenvalue weighted by Gasteiger charge is -2.09. The molecule has 1 heterocycles. The summed E-state index contributed by atoms with van der Waals surface area (Å²) in [5.41, 5.74) is 1.06. The topological polar surface area (TPSA) is 114 Å². The van der Waals surface area contributed by atoms with E-state index < -0.39 is 10.8 Å². The number of hydrogen-bond donors (Lipinski definition) is 2. The number of benzene rings is 1. The van der Waals surface area contributed by atoms with Gasteiger partial charge in [-0.25, -0.2) is 0 Å². The largest absolute Gasteiger partial charge is 0.352 e. The van der Waals surface area contributed by atoms with Crippen molar-refractivity contribution >= 4 is 29.3 Å². The van der Waals surface area contributed by atoms with Crippen LogP contribution in [0, 0.1) is 16.0 Å². The molecular formula is C21H26N4O4S. The van der Waals surface area contributed by atoms with E-state index >= 15 is 0 Å². The molecule has 1 aromatic carbocycles. The number of amides is 2. The van der Waals surface area contributed by atoms with Gasteiger partial charge in [0.1, 0.15) is 0 Å². The highest BCUT2D eigenvalue weighted by Gasteiger charge is 2.18. The molecule has 8 nitrogen and oxygen atoms in total. The van der Waals surface area contributed by atoms with Gasteiger partial charge in [0.2, 0.25) is 5.91 Å². The van der Waals surface area contributed by atoms with Crippen LogP contribution in [0.4, 0.5) is 5.69 Å². The zero-order valence-corrected chi connectivity index (χ0v) is 17.9. The SMILES string of the molecule is CC(C)CCSc1ccc(C(=O)NCCC(=O)NCc2ccncc2)cc1[N+](=O)[O-]. The van der Waals surface area contributed by atoms with Crippen LogP contribution in [0.3, 0.4) is 0 Å². The summed E-state index contributed by atoms with van der Waals surface area (Å²) in [6.45, 7) is 4.72.